The Morgan fingerprint density at radius 3 is 2.57 bits per heavy atom. The van der Waals surface area contributed by atoms with E-state index in [1.807, 2.05) is 0 Å². The largest absolute Gasteiger partial charge is 0.381 e. The molecular weight excluding hydrogens is 174 g/mol. The van der Waals surface area contributed by atoms with Crippen molar-refractivity contribution in [2.45, 2.75) is 51.5 Å². The molecule has 1 aliphatic heterocycles. The Bertz CT molecular complexity index is 166. The minimum Gasteiger partial charge on any atom is -0.381 e. The Hall–Kier alpha value is -0.0800. The Morgan fingerprint density at radius 1 is 1.29 bits per heavy atom. The summed E-state index contributed by atoms with van der Waals surface area (Å²) < 4.78 is 5.47. The summed E-state index contributed by atoms with van der Waals surface area (Å²) in [6, 6.07) is 0.853. The molecule has 1 N–H and O–H groups in total. The highest BCUT2D eigenvalue weighted by Crippen LogP contribution is 2.35. The van der Waals surface area contributed by atoms with E-state index >= 15 is 0 Å². The van der Waals surface area contributed by atoms with E-state index in [9.17, 15) is 0 Å². The molecular formula is C12H23NO. The number of hydrogen-bond acceptors (Lipinski definition) is 2. The van der Waals surface area contributed by atoms with Crippen molar-refractivity contribution >= 4 is 0 Å². The fourth-order valence-corrected chi connectivity index (χ4v) is 2.50. The van der Waals surface area contributed by atoms with Crippen LogP contribution in [0.5, 0.6) is 0 Å². The van der Waals surface area contributed by atoms with Crippen LogP contribution in [-0.4, -0.2) is 25.8 Å². The second-order valence-electron chi connectivity index (χ2n) is 5.02. The van der Waals surface area contributed by atoms with Crippen molar-refractivity contribution in [2.75, 3.05) is 19.8 Å². The first-order chi connectivity index (χ1) is 6.85. The fourth-order valence-electron chi connectivity index (χ4n) is 2.50. The van der Waals surface area contributed by atoms with Crippen LogP contribution in [0.25, 0.3) is 0 Å². The van der Waals surface area contributed by atoms with Crippen molar-refractivity contribution in [2.24, 2.45) is 5.41 Å². The summed E-state index contributed by atoms with van der Waals surface area (Å²) in [5.41, 5.74) is 0.565. The molecule has 0 atom stereocenters. The molecule has 0 aromatic heterocycles. The van der Waals surface area contributed by atoms with E-state index in [0.717, 1.165) is 19.3 Å². The Morgan fingerprint density at radius 2 is 2.00 bits per heavy atom. The van der Waals surface area contributed by atoms with E-state index in [0.29, 0.717) is 5.41 Å². The van der Waals surface area contributed by atoms with Crippen molar-refractivity contribution in [3.05, 3.63) is 0 Å². The van der Waals surface area contributed by atoms with Gasteiger partial charge in [-0.25, -0.2) is 0 Å². The van der Waals surface area contributed by atoms with Crippen LogP contribution in [0.2, 0.25) is 0 Å². The van der Waals surface area contributed by atoms with Gasteiger partial charge in [-0.15, -0.1) is 0 Å². The van der Waals surface area contributed by atoms with Gasteiger partial charge in [-0.05, 0) is 37.5 Å². The topological polar surface area (TPSA) is 21.3 Å². The number of nitrogens with one attached hydrogen (secondary N) is 1. The summed E-state index contributed by atoms with van der Waals surface area (Å²) in [4.78, 5) is 0. The van der Waals surface area contributed by atoms with Gasteiger partial charge < -0.3 is 10.1 Å². The molecule has 0 amide bonds. The van der Waals surface area contributed by atoms with Crippen LogP contribution in [0.3, 0.4) is 0 Å². The van der Waals surface area contributed by atoms with Crippen LogP contribution in [0.1, 0.15) is 45.4 Å². The molecule has 1 saturated carbocycles. The molecule has 0 bridgehead atoms. The third-order valence-corrected chi connectivity index (χ3v) is 3.68. The van der Waals surface area contributed by atoms with Crippen molar-refractivity contribution in [1.82, 2.24) is 5.32 Å². The highest BCUT2D eigenvalue weighted by atomic mass is 16.5. The van der Waals surface area contributed by atoms with Crippen molar-refractivity contribution in [1.29, 1.82) is 0 Å². The lowest BCUT2D eigenvalue weighted by molar-refractivity contribution is 0.00988. The minimum absolute atomic E-state index is 0.565. The molecule has 0 radical (unpaired) electrons. The zero-order valence-corrected chi connectivity index (χ0v) is 9.35. The first kappa shape index (κ1) is 10.4. The quantitative estimate of drug-likeness (QED) is 0.730. The minimum atomic E-state index is 0.565. The molecule has 0 spiro atoms. The SMILES string of the molecule is CCCC1(CNC2CC2)CCOCC1. The highest BCUT2D eigenvalue weighted by molar-refractivity contribution is 4.88. The van der Waals surface area contributed by atoms with Gasteiger partial charge in [0, 0.05) is 25.8 Å². The molecule has 1 saturated heterocycles. The van der Waals surface area contributed by atoms with E-state index in [1.165, 1.54) is 45.1 Å². The average Bonchev–Trinajstić information content (AvgIpc) is 3.00. The second kappa shape index (κ2) is 4.63. The molecule has 14 heavy (non-hydrogen) atoms. The predicted molar refractivity (Wildman–Crippen MR) is 58.4 cm³/mol. The molecule has 1 heterocycles. The molecule has 2 fully saturated rings. The summed E-state index contributed by atoms with van der Waals surface area (Å²) in [7, 11) is 0. The second-order valence-corrected chi connectivity index (χ2v) is 5.02. The van der Waals surface area contributed by atoms with E-state index in [1.54, 1.807) is 0 Å². The molecule has 0 aromatic rings. The predicted octanol–water partition coefficient (Wildman–Crippen LogP) is 2.34. The van der Waals surface area contributed by atoms with Gasteiger partial charge in [-0.1, -0.05) is 13.3 Å². The monoisotopic (exact) mass is 197 g/mol. The summed E-state index contributed by atoms with van der Waals surface area (Å²) in [5.74, 6) is 0. The third kappa shape index (κ3) is 2.71. The van der Waals surface area contributed by atoms with Gasteiger partial charge in [0.25, 0.3) is 0 Å². The van der Waals surface area contributed by atoms with E-state index < -0.39 is 0 Å². The molecule has 82 valence electrons. The van der Waals surface area contributed by atoms with Gasteiger partial charge in [0.05, 0.1) is 0 Å². The Kier molecular flexibility index (Phi) is 3.45. The highest BCUT2D eigenvalue weighted by Gasteiger charge is 2.33. The van der Waals surface area contributed by atoms with Crippen LogP contribution >= 0.6 is 0 Å². The van der Waals surface area contributed by atoms with Gasteiger partial charge >= 0.3 is 0 Å². The normalized spacial score (nSPS) is 26.4. The molecule has 1 aliphatic carbocycles. The first-order valence-corrected chi connectivity index (χ1v) is 6.16. The summed E-state index contributed by atoms with van der Waals surface area (Å²) >= 11 is 0. The van der Waals surface area contributed by atoms with Gasteiger partial charge in [0.2, 0.25) is 0 Å². The molecule has 2 rings (SSSR count). The lowest BCUT2D eigenvalue weighted by atomic mass is 9.76. The molecule has 2 heteroatoms. The molecule has 2 aliphatic rings. The van der Waals surface area contributed by atoms with Crippen molar-refractivity contribution in [3.8, 4) is 0 Å². The molecule has 0 aromatic carbocycles. The molecule has 0 unspecified atom stereocenters. The maximum absolute atomic E-state index is 5.47. The Labute approximate surface area is 87.4 Å². The van der Waals surface area contributed by atoms with Gasteiger partial charge in [-0.3, -0.25) is 0 Å². The van der Waals surface area contributed by atoms with Crippen molar-refractivity contribution < 1.29 is 4.74 Å². The van der Waals surface area contributed by atoms with Crippen molar-refractivity contribution in [3.63, 3.8) is 0 Å². The van der Waals surface area contributed by atoms with Gasteiger partial charge in [-0.2, -0.15) is 0 Å². The zero-order chi connectivity index (χ0) is 9.86. The number of rotatable bonds is 5. The van der Waals surface area contributed by atoms with Crippen LogP contribution in [0.15, 0.2) is 0 Å². The summed E-state index contributed by atoms with van der Waals surface area (Å²) in [6.45, 7) is 5.49. The average molecular weight is 197 g/mol. The van der Waals surface area contributed by atoms with Gasteiger partial charge in [0.1, 0.15) is 0 Å². The summed E-state index contributed by atoms with van der Waals surface area (Å²) in [6.07, 6.45) is 8.01. The third-order valence-electron chi connectivity index (χ3n) is 3.68. The maximum atomic E-state index is 5.47. The van der Waals surface area contributed by atoms with Crippen LogP contribution in [-0.2, 0) is 4.74 Å². The molecule has 2 nitrogen and oxygen atoms in total. The van der Waals surface area contributed by atoms with E-state index in [2.05, 4.69) is 12.2 Å². The lowest BCUT2D eigenvalue weighted by Gasteiger charge is -2.37. The fraction of sp³-hybridized carbons (Fsp3) is 1.00. The van der Waals surface area contributed by atoms with Crippen LogP contribution in [0, 0.1) is 5.41 Å². The van der Waals surface area contributed by atoms with Crippen LogP contribution in [0.4, 0.5) is 0 Å². The number of hydrogen-bond donors (Lipinski definition) is 1. The van der Waals surface area contributed by atoms with Crippen LogP contribution < -0.4 is 5.32 Å². The summed E-state index contributed by atoms with van der Waals surface area (Å²) in [5, 5.41) is 3.70. The Balaban J connectivity index is 1.82. The van der Waals surface area contributed by atoms with E-state index in [4.69, 9.17) is 4.74 Å². The maximum Gasteiger partial charge on any atom is 0.0471 e. The lowest BCUT2D eigenvalue weighted by Crippen LogP contribution is -2.39. The van der Waals surface area contributed by atoms with E-state index in [-0.39, 0.29) is 0 Å². The smallest absolute Gasteiger partial charge is 0.0471 e. The first-order valence-electron chi connectivity index (χ1n) is 6.16. The van der Waals surface area contributed by atoms with Gasteiger partial charge in [0.15, 0.2) is 0 Å². The zero-order valence-electron chi connectivity index (χ0n) is 9.35. The number of ether oxygens (including phenoxy) is 1. The standard InChI is InChI=1S/C12H23NO/c1-2-5-12(6-8-14-9-7-12)10-13-11-3-4-11/h11,13H,2-10H2,1H3.